The van der Waals surface area contributed by atoms with Crippen LogP contribution in [0, 0.1) is 0 Å². The van der Waals surface area contributed by atoms with E-state index in [9.17, 15) is 4.79 Å². The van der Waals surface area contributed by atoms with Crippen molar-refractivity contribution in [2.45, 2.75) is 83.6 Å². The molecule has 0 spiro atoms. The average Bonchev–Trinajstić information content (AvgIpc) is 2.39. The number of unbranched alkanes of at least 4 members (excludes halogenated alkanes) is 9. The monoisotopic (exact) mass is 285 g/mol. The van der Waals surface area contributed by atoms with Crippen molar-refractivity contribution in [3.63, 3.8) is 0 Å². The van der Waals surface area contributed by atoms with Gasteiger partial charge in [0.2, 0.25) is 0 Å². The van der Waals surface area contributed by atoms with E-state index in [-0.39, 0.29) is 5.96 Å². The maximum Gasteiger partial charge on any atom is 0.328 e. The Morgan fingerprint density at radius 1 is 0.950 bits per heavy atom. The van der Waals surface area contributed by atoms with Crippen molar-refractivity contribution >= 4 is 11.9 Å². The number of carbonyl (C=O) groups is 1. The molecule has 0 saturated carbocycles. The number of carboxylic acids is 1. The molecule has 0 aromatic carbocycles. The molecule has 0 heterocycles. The molecule has 20 heavy (non-hydrogen) atoms. The zero-order valence-corrected chi connectivity index (χ0v) is 12.8. The van der Waals surface area contributed by atoms with E-state index in [1.165, 1.54) is 51.4 Å². The van der Waals surface area contributed by atoms with Gasteiger partial charge >= 0.3 is 5.97 Å². The molecule has 1 atom stereocenters. The molecule has 0 aliphatic rings. The van der Waals surface area contributed by atoms with Crippen LogP contribution >= 0.6 is 0 Å². The fraction of sp³-hybridized carbons (Fsp3) is 0.867. The van der Waals surface area contributed by atoms with Crippen molar-refractivity contribution in [2.75, 3.05) is 0 Å². The van der Waals surface area contributed by atoms with Crippen molar-refractivity contribution in [3.05, 3.63) is 0 Å². The van der Waals surface area contributed by atoms with E-state index >= 15 is 0 Å². The Morgan fingerprint density at radius 3 is 1.80 bits per heavy atom. The van der Waals surface area contributed by atoms with Crippen LogP contribution in [0.15, 0.2) is 4.99 Å². The third-order valence-electron chi connectivity index (χ3n) is 3.42. The summed E-state index contributed by atoms with van der Waals surface area (Å²) in [5, 5.41) is 8.95. The molecule has 0 aliphatic carbocycles. The predicted octanol–water partition coefficient (Wildman–Crippen LogP) is 3.02. The molecule has 0 radical (unpaired) electrons. The van der Waals surface area contributed by atoms with Crippen molar-refractivity contribution < 1.29 is 9.90 Å². The van der Waals surface area contributed by atoms with Gasteiger partial charge in [-0.2, -0.15) is 0 Å². The van der Waals surface area contributed by atoms with Crippen molar-refractivity contribution in [1.29, 1.82) is 0 Å². The lowest BCUT2D eigenvalue weighted by molar-refractivity contribution is -0.138. The van der Waals surface area contributed by atoms with E-state index in [0.717, 1.165) is 12.8 Å². The molecule has 0 aliphatic heterocycles. The van der Waals surface area contributed by atoms with Crippen molar-refractivity contribution in [3.8, 4) is 0 Å². The van der Waals surface area contributed by atoms with Gasteiger partial charge in [-0.25, -0.2) is 9.79 Å². The Bertz CT molecular complexity index is 276. The number of aliphatic imine (C=N–C) groups is 1. The van der Waals surface area contributed by atoms with Gasteiger partial charge < -0.3 is 16.6 Å². The Morgan fingerprint density at radius 2 is 1.40 bits per heavy atom. The smallest absolute Gasteiger partial charge is 0.328 e. The lowest BCUT2D eigenvalue weighted by Gasteiger charge is -2.07. The van der Waals surface area contributed by atoms with Crippen LogP contribution in [0.5, 0.6) is 0 Å². The molecule has 0 bridgehead atoms. The Kier molecular flexibility index (Phi) is 12.0. The standard InChI is InChI=1S/C15H31N3O2/c1-2-3-4-5-6-7-8-9-10-11-12-13(14(19)20)18-15(16)17/h13H,2-12H2,1H3,(H,19,20)(H4,16,17,18). The minimum absolute atomic E-state index is 0.149. The van der Waals surface area contributed by atoms with Crippen molar-refractivity contribution in [1.82, 2.24) is 0 Å². The minimum atomic E-state index is -0.950. The molecule has 118 valence electrons. The Hall–Kier alpha value is -1.26. The van der Waals surface area contributed by atoms with E-state index in [4.69, 9.17) is 16.6 Å². The van der Waals surface area contributed by atoms with Gasteiger partial charge in [0.15, 0.2) is 12.0 Å². The summed E-state index contributed by atoms with van der Waals surface area (Å²) in [6, 6.07) is -0.783. The van der Waals surface area contributed by atoms with Gasteiger partial charge in [-0.05, 0) is 6.42 Å². The average molecular weight is 285 g/mol. The fourth-order valence-corrected chi connectivity index (χ4v) is 2.25. The van der Waals surface area contributed by atoms with E-state index in [2.05, 4.69) is 11.9 Å². The summed E-state index contributed by atoms with van der Waals surface area (Å²) in [5.41, 5.74) is 10.4. The molecule has 1 unspecified atom stereocenters. The molecule has 5 heteroatoms. The molecule has 0 rings (SSSR count). The van der Waals surface area contributed by atoms with Crippen LogP contribution in [0.2, 0.25) is 0 Å². The SMILES string of the molecule is CCCCCCCCCCCCC(N=C(N)N)C(=O)O. The van der Waals surface area contributed by atoms with Gasteiger partial charge in [-0.15, -0.1) is 0 Å². The fourth-order valence-electron chi connectivity index (χ4n) is 2.25. The van der Waals surface area contributed by atoms with Crippen molar-refractivity contribution in [2.24, 2.45) is 16.5 Å². The largest absolute Gasteiger partial charge is 0.480 e. The van der Waals surface area contributed by atoms with Gasteiger partial charge in [-0.1, -0.05) is 71.1 Å². The maximum absolute atomic E-state index is 10.9. The number of aliphatic carboxylic acids is 1. The predicted molar refractivity (Wildman–Crippen MR) is 83.7 cm³/mol. The summed E-state index contributed by atoms with van der Waals surface area (Å²) in [7, 11) is 0. The molecular weight excluding hydrogens is 254 g/mol. The van der Waals surface area contributed by atoms with Crippen LogP contribution in [0.1, 0.15) is 77.6 Å². The van der Waals surface area contributed by atoms with Crippen LogP contribution in [0.25, 0.3) is 0 Å². The second-order valence-corrected chi connectivity index (χ2v) is 5.38. The summed E-state index contributed by atoms with van der Waals surface area (Å²) < 4.78 is 0. The van der Waals surface area contributed by atoms with E-state index < -0.39 is 12.0 Å². The molecule has 5 N–H and O–H groups in total. The molecule has 0 amide bonds. The second-order valence-electron chi connectivity index (χ2n) is 5.38. The number of carboxylic acid groups (broad SMARTS) is 1. The Balaban J connectivity index is 3.46. The van der Waals surface area contributed by atoms with Gasteiger partial charge in [-0.3, -0.25) is 0 Å². The van der Waals surface area contributed by atoms with E-state index in [1.54, 1.807) is 0 Å². The van der Waals surface area contributed by atoms with Crippen LogP contribution in [0.4, 0.5) is 0 Å². The normalized spacial score (nSPS) is 12.1. The summed E-state index contributed by atoms with van der Waals surface area (Å²) in [6.07, 6.45) is 12.8. The third-order valence-corrected chi connectivity index (χ3v) is 3.42. The second kappa shape index (κ2) is 12.8. The van der Waals surface area contributed by atoms with Gasteiger partial charge in [0.25, 0.3) is 0 Å². The Labute approximate surface area is 122 Å². The molecule has 0 aromatic rings. The first-order valence-corrected chi connectivity index (χ1v) is 7.89. The third kappa shape index (κ3) is 11.8. The van der Waals surface area contributed by atoms with Crippen LogP contribution in [-0.4, -0.2) is 23.1 Å². The zero-order valence-electron chi connectivity index (χ0n) is 12.8. The molecule has 5 nitrogen and oxygen atoms in total. The van der Waals surface area contributed by atoms with Crippen LogP contribution in [0.3, 0.4) is 0 Å². The number of hydrogen-bond donors (Lipinski definition) is 3. The highest BCUT2D eigenvalue weighted by atomic mass is 16.4. The first-order chi connectivity index (χ1) is 9.57. The summed E-state index contributed by atoms with van der Waals surface area (Å²) >= 11 is 0. The highest BCUT2D eigenvalue weighted by Gasteiger charge is 2.15. The lowest BCUT2D eigenvalue weighted by Crippen LogP contribution is -2.28. The molecule has 0 aromatic heterocycles. The quantitative estimate of drug-likeness (QED) is 0.275. The number of rotatable bonds is 13. The first kappa shape index (κ1) is 18.7. The number of nitrogens with zero attached hydrogens (tertiary/aromatic N) is 1. The van der Waals surface area contributed by atoms with Gasteiger partial charge in [0.1, 0.15) is 0 Å². The van der Waals surface area contributed by atoms with E-state index in [0.29, 0.717) is 6.42 Å². The van der Waals surface area contributed by atoms with Gasteiger partial charge in [0, 0.05) is 0 Å². The van der Waals surface area contributed by atoms with Crippen LogP contribution in [-0.2, 0) is 4.79 Å². The molecule has 0 saturated heterocycles. The molecular formula is C15H31N3O2. The number of guanidine groups is 1. The first-order valence-electron chi connectivity index (χ1n) is 7.89. The number of hydrogen-bond acceptors (Lipinski definition) is 2. The summed E-state index contributed by atoms with van der Waals surface area (Å²) in [6.45, 7) is 2.23. The highest BCUT2D eigenvalue weighted by Crippen LogP contribution is 2.12. The summed E-state index contributed by atoms with van der Waals surface area (Å²) in [4.78, 5) is 14.6. The van der Waals surface area contributed by atoms with Crippen LogP contribution < -0.4 is 11.5 Å². The zero-order chi connectivity index (χ0) is 15.2. The lowest BCUT2D eigenvalue weighted by atomic mass is 10.0. The maximum atomic E-state index is 10.9. The molecule has 0 fully saturated rings. The highest BCUT2D eigenvalue weighted by molar-refractivity contribution is 5.81. The summed E-state index contributed by atoms with van der Waals surface area (Å²) in [5.74, 6) is -1.10. The topological polar surface area (TPSA) is 102 Å². The van der Waals surface area contributed by atoms with E-state index in [1.807, 2.05) is 0 Å². The minimum Gasteiger partial charge on any atom is -0.480 e. The number of nitrogens with two attached hydrogens (primary N) is 2. The van der Waals surface area contributed by atoms with Gasteiger partial charge in [0.05, 0.1) is 0 Å².